The van der Waals surface area contributed by atoms with E-state index in [1.807, 2.05) is 31.1 Å². The van der Waals surface area contributed by atoms with Gasteiger partial charge in [-0.1, -0.05) is 75.2 Å². The number of ether oxygens (including phenoxy) is 1. The highest BCUT2D eigenvalue weighted by Crippen LogP contribution is 2.39. The van der Waals surface area contributed by atoms with Gasteiger partial charge in [-0.3, -0.25) is 14.4 Å². The summed E-state index contributed by atoms with van der Waals surface area (Å²) in [6, 6.07) is 15.8. The molecule has 2 aromatic heterocycles. The van der Waals surface area contributed by atoms with Crippen LogP contribution in [0.5, 0.6) is 0 Å². The molecule has 1 aliphatic carbocycles. The minimum absolute atomic E-state index is 0.00545. The fourth-order valence-corrected chi connectivity index (χ4v) is 8.02. The molecule has 1 saturated carbocycles. The second-order valence-electron chi connectivity index (χ2n) is 14.7. The first-order valence-corrected chi connectivity index (χ1v) is 18.7. The molecule has 13 nitrogen and oxygen atoms in total. The first kappa shape index (κ1) is 35.9. The number of hydrogen-bond acceptors (Lipinski definition) is 7. The molecule has 278 valence electrons. The topological polar surface area (TPSA) is 165 Å². The van der Waals surface area contributed by atoms with E-state index in [0.29, 0.717) is 19.6 Å². The first-order chi connectivity index (χ1) is 25.7. The molecule has 4 atom stereocenters. The third kappa shape index (κ3) is 7.69. The number of carbonyl (C=O) groups is 4. The number of nitrogens with one attached hydrogen (secondary N) is 4. The van der Waals surface area contributed by atoms with E-state index < -0.39 is 12.1 Å². The quantitative estimate of drug-likeness (QED) is 0.180. The number of alkyl carbamates (subject to hydrolysis) is 1. The highest BCUT2D eigenvalue weighted by Gasteiger charge is 2.39. The second kappa shape index (κ2) is 15.6. The van der Waals surface area contributed by atoms with E-state index in [1.54, 1.807) is 4.90 Å². The van der Waals surface area contributed by atoms with Crippen LogP contribution < -0.4 is 10.6 Å². The Bertz CT molecular complexity index is 1930. The molecule has 4 heterocycles. The molecule has 0 spiro atoms. The van der Waals surface area contributed by atoms with Gasteiger partial charge in [0.25, 0.3) is 0 Å². The molecular formula is C40H48N8O5. The van der Waals surface area contributed by atoms with Gasteiger partial charge in [-0.05, 0) is 53.9 Å². The van der Waals surface area contributed by atoms with E-state index >= 15 is 0 Å². The number of carbonyl (C=O) groups excluding carboxylic acids is 4. The average molecular weight is 721 g/mol. The van der Waals surface area contributed by atoms with Gasteiger partial charge in [-0.15, -0.1) is 0 Å². The number of benzene rings is 2. The number of aromatic amines is 2. The van der Waals surface area contributed by atoms with Crippen molar-refractivity contribution in [3.63, 3.8) is 0 Å². The van der Waals surface area contributed by atoms with Gasteiger partial charge in [0.15, 0.2) is 0 Å². The number of nitrogens with zero attached hydrogens (tertiary/aromatic N) is 4. The standard InChI is InChI=1S/C40H48N8O5/c1-24(2)35(46-40(52)53-3)39(51)48-19-6-9-33(48)37-43-22-32(45-37)28-16-12-26(13-17-28)25-10-14-27(15-11-25)31-21-42-36(44-31)29-7-4-5-8-30(29)38(50)47-20-18-41-34(49)23-47/h10-17,21-22,24,29-30,33,35H,4-9,18-20,23H2,1-3H3,(H,41,49)(H,42,44)(H,43,45)(H,46,52)/t29-,30+,33-,35-/m0/s1. The summed E-state index contributed by atoms with van der Waals surface area (Å²) >= 11 is 0. The molecule has 2 saturated heterocycles. The van der Waals surface area contributed by atoms with E-state index in [-0.39, 0.29) is 48.1 Å². The summed E-state index contributed by atoms with van der Waals surface area (Å²) in [4.78, 5) is 70.8. The Balaban J connectivity index is 1.00. The van der Waals surface area contributed by atoms with Crippen molar-refractivity contribution in [3.05, 3.63) is 72.6 Å². The molecule has 13 heteroatoms. The fraction of sp³-hybridized carbons (Fsp3) is 0.450. The number of likely N-dealkylation sites (tertiary alicyclic amines) is 1. The number of piperazine rings is 1. The van der Waals surface area contributed by atoms with Crippen LogP contribution in [0.3, 0.4) is 0 Å². The van der Waals surface area contributed by atoms with Gasteiger partial charge in [0.1, 0.15) is 17.7 Å². The molecular weight excluding hydrogens is 672 g/mol. The van der Waals surface area contributed by atoms with Crippen molar-refractivity contribution in [2.45, 2.75) is 70.4 Å². The van der Waals surface area contributed by atoms with Crippen molar-refractivity contribution in [2.75, 3.05) is 33.3 Å². The summed E-state index contributed by atoms with van der Waals surface area (Å²) in [5, 5.41) is 5.50. The van der Waals surface area contributed by atoms with Crippen molar-refractivity contribution < 1.29 is 23.9 Å². The van der Waals surface area contributed by atoms with Gasteiger partial charge in [0, 0.05) is 31.5 Å². The largest absolute Gasteiger partial charge is 0.453 e. The molecule has 3 aliphatic rings. The van der Waals surface area contributed by atoms with Gasteiger partial charge < -0.3 is 35.1 Å². The maximum atomic E-state index is 13.5. The molecule has 4 aromatic rings. The number of imidazole rings is 2. The maximum absolute atomic E-state index is 13.5. The van der Waals surface area contributed by atoms with Crippen LogP contribution in [0.4, 0.5) is 4.79 Å². The Morgan fingerprint density at radius 3 is 2.04 bits per heavy atom. The Hall–Kier alpha value is -5.46. The van der Waals surface area contributed by atoms with Crippen LogP contribution in [0.2, 0.25) is 0 Å². The number of amides is 4. The lowest BCUT2D eigenvalue weighted by Gasteiger charge is -2.35. The predicted octanol–water partition coefficient (Wildman–Crippen LogP) is 5.41. The summed E-state index contributed by atoms with van der Waals surface area (Å²) in [6.45, 7) is 5.59. The van der Waals surface area contributed by atoms with Crippen LogP contribution in [0, 0.1) is 11.8 Å². The molecule has 0 bridgehead atoms. The predicted molar refractivity (Wildman–Crippen MR) is 199 cm³/mol. The Morgan fingerprint density at radius 1 is 0.811 bits per heavy atom. The van der Waals surface area contributed by atoms with Crippen molar-refractivity contribution in [1.29, 1.82) is 0 Å². The highest BCUT2D eigenvalue weighted by molar-refractivity contribution is 5.88. The van der Waals surface area contributed by atoms with Gasteiger partial charge in [-0.25, -0.2) is 14.8 Å². The molecule has 4 amide bonds. The molecule has 53 heavy (non-hydrogen) atoms. The zero-order valence-corrected chi connectivity index (χ0v) is 30.6. The smallest absolute Gasteiger partial charge is 0.407 e. The van der Waals surface area contributed by atoms with Crippen molar-refractivity contribution in [3.8, 4) is 33.6 Å². The van der Waals surface area contributed by atoms with Crippen LogP contribution in [0.25, 0.3) is 33.6 Å². The maximum Gasteiger partial charge on any atom is 0.407 e. The summed E-state index contributed by atoms with van der Waals surface area (Å²) in [5.74, 6) is 1.13. The van der Waals surface area contributed by atoms with Crippen molar-refractivity contribution in [1.82, 2.24) is 40.4 Å². The molecule has 2 aromatic carbocycles. The second-order valence-corrected chi connectivity index (χ2v) is 14.7. The van der Waals surface area contributed by atoms with Gasteiger partial charge in [0.2, 0.25) is 17.7 Å². The van der Waals surface area contributed by atoms with Crippen molar-refractivity contribution in [2.24, 2.45) is 11.8 Å². The average Bonchev–Trinajstić information content (AvgIpc) is 3.98. The fourth-order valence-electron chi connectivity index (χ4n) is 8.02. The number of hydrogen-bond donors (Lipinski definition) is 4. The zero-order chi connectivity index (χ0) is 37.1. The van der Waals surface area contributed by atoms with Gasteiger partial charge >= 0.3 is 6.09 Å². The van der Waals surface area contributed by atoms with Gasteiger partial charge in [-0.2, -0.15) is 0 Å². The Labute approximate surface area is 309 Å². The number of aromatic nitrogens is 4. The molecule has 0 radical (unpaired) electrons. The lowest BCUT2D eigenvalue weighted by Crippen LogP contribution is -2.52. The van der Waals surface area contributed by atoms with Crippen LogP contribution in [-0.4, -0.2) is 92.9 Å². The van der Waals surface area contributed by atoms with Crippen LogP contribution in [-0.2, 0) is 19.1 Å². The lowest BCUT2D eigenvalue weighted by atomic mass is 9.78. The summed E-state index contributed by atoms with van der Waals surface area (Å²) < 4.78 is 4.75. The van der Waals surface area contributed by atoms with Crippen LogP contribution in [0.1, 0.15) is 76.0 Å². The minimum Gasteiger partial charge on any atom is -0.453 e. The van der Waals surface area contributed by atoms with E-state index in [2.05, 4.69) is 74.1 Å². The third-order valence-corrected chi connectivity index (χ3v) is 10.9. The number of rotatable bonds is 9. The number of methoxy groups -OCH3 is 1. The molecule has 7 rings (SSSR count). The van der Waals surface area contributed by atoms with Gasteiger partial charge in [0.05, 0.1) is 43.5 Å². The minimum atomic E-state index is -0.681. The molecule has 0 unspecified atom stereocenters. The first-order valence-electron chi connectivity index (χ1n) is 18.7. The molecule has 4 N–H and O–H groups in total. The zero-order valence-electron chi connectivity index (χ0n) is 30.6. The Kier molecular flexibility index (Phi) is 10.6. The normalized spacial score (nSPS) is 21.0. The third-order valence-electron chi connectivity index (χ3n) is 10.9. The summed E-state index contributed by atoms with van der Waals surface area (Å²) in [6.07, 6.45) is 8.44. The van der Waals surface area contributed by atoms with E-state index in [1.165, 1.54) is 7.11 Å². The number of H-pyrrole nitrogens is 2. The highest BCUT2D eigenvalue weighted by atomic mass is 16.5. The molecule has 3 fully saturated rings. The van der Waals surface area contributed by atoms with Crippen molar-refractivity contribution >= 4 is 23.8 Å². The lowest BCUT2D eigenvalue weighted by molar-refractivity contribution is -0.142. The van der Waals surface area contributed by atoms with Crippen LogP contribution >= 0.6 is 0 Å². The summed E-state index contributed by atoms with van der Waals surface area (Å²) in [5.41, 5.74) is 5.93. The summed E-state index contributed by atoms with van der Waals surface area (Å²) in [7, 11) is 1.29. The Morgan fingerprint density at radius 2 is 1.42 bits per heavy atom. The monoisotopic (exact) mass is 720 g/mol. The SMILES string of the molecule is COC(=O)N[C@H](C(=O)N1CCC[C@H]1c1ncc(-c2ccc(-c3ccc(-c4cnc([C@H]5CCCC[C@H]5C(=O)N5CCNC(=O)C5)[nH]4)cc3)cc2)[nH]1)C(C)C. The van der Waals surface area contributed by atoms with E-state index in [4.69, 9.17) is 9.72 Å². The molecule has 2 aliphatic heterocycles. The van der Waals surface area contributed by atoms with E-state index in [0.717, 1.165) is 83.8 Å². The van der Waals surface area contributed by atoms with Crippen LogP contribution in [0.15, 0.2) is 60.9 Å². The van der Waals surface area contributed by atoms with E-state index in [9.17, 15) is 19.2 Å².